The fourth-order valence-electron chi connectivity index (χ4n) is 2.38. The first-order valence-electron chi connectivity index (χ1n) is 6.33. The highest BCUT2D eigenvalue weighted by molar-refractivity contribution is 5.87. The fourth-order valence-corrected chi connectivity index (χ4v) is 2.38. The highest BCUT2D eigenvalue weighted by Crippen LogP contribution is 2.25. The van der Waals surface area contributed by atoms with Gasteiger partial charge in [-0.1, -0.05) is 30.3 Å². The van der Waals surface area contributed by atoms with E-state index in [1.165, 1.54) is 12.0 Å². The summed E-state index contributed by atoms with van der Waals surface area (Å²) in [6.07, 6.45) is -1.43. The van der Waals surface area contributed by atoms with E-state index in [4.69, 9.17) is 9.84 Å². The van der Waals surface area contributed by atoms with Crippen molar-refractivity contribution in [3.8, 4) is 0 Å². The van der Waals surface area contributed by atoms with Crippen LogP contribution >= 0.6 is 0 Å². The highest BCUT2D eigenvalue weighted by atomic mass is 16.5. The van der Waals surface area contributed by atoms with E-state index in [0.717, 1.165) is 0 Å². The van der Waals surface area contributed by atoms with Gasteiger partial charge in [0.15, 0.2) is 6.10 Å². The van der Waals surface area contributed by atoms with Gasteiger partial charge in [0.2, 0.25) is 0 Å². The maximum Gasteiger partial charge on any atom is 0.326 e. The summed E-state index contributed by atoms with van der Waals surface area (Å²) in [7, 11) is 1.48. The molecule has 6 heteroatoms. The molecule has 0 aromatic heterocycles. The Morgan fingerprint density at radius 1 is 1.35 bits per heavy atom. The van der Waals surface area contributed by atoms with E-state index in [-0.39, 0.29) is 19.1 Å². The molecule has 1 aliphatic heterocycles. The molecular formula is C14H17NO5. The zero-order chi connectivity index (χ0) is 14.7. The minimum absolute atomic E-state index is 0.177. The lowest BCUT2D eigenvalue weighted by Crippen LogP contribution is -2.43. The lowest BCUT2D eigenvalue weighted by Gasteiger charge is -2.24. The molecule has 1 saturated heterocycles. The SMILES string of the molecule is COC1CC(C(=O)O)N(C(=O)C(O)c2ccccc2)C1. The number of carboxylic acids is 1. The Morgan fingerprint density at radius 3 is 2.55 bits per heavy atom. The van der Waals surface area contributed by atoms with Gasteiger partial charge in [-0.2, -0.15) is 0 Å². The summed E-state index contributed by atoms with van der Waals surface area (Å²) < 4.78 is 5.12. The summed E-state index contributed by atoms with van der Waals surface area (Å²) in [5.74, 6) is -1.69. The van der Waals surface area contributed by atoms with Gasteiger partial charge >= 0.3 is 5.97 Å². The second-order valence-corrected chi connectivity index (χ2v) is 4.75. The first-order valence-corrected chi connectivity index (χ1v) is 6.33. The van der Waals surface area contributed by atoms with Crippen LogP contribution in [0.15, 0.2) is 30.3 Å². The number of likely N-dealkylation sites (tertiary alicyclic amines) is 1. The van der Waals surface area contributed by atoms with Crippen molar-refractivity contribution in [3.05, 3.63) is 35.9 Å². The number of carbonyl (C=O) groups excluding carboxylic acids is 1. The Morgan fingerprint density at radius 2 is 2.00 bits per heavy atom. The summed E-state index contributed by atoms with van der Waals surface area (Å²) >= 11 is 0. The number of nitrogens with zero attached hydrogens (tertiary/aromatic N) is 1. The second kappa shape index (κ2) is 6.02. The lowest BCUT2D eigenvalue weighted by atomic mass is 10.1. The quantitative estimate of drug-likeness (QED) is 0.834. The molecule has 1 aromatic carbocycles. The normalized spacial score (nSPS) is 23.6. The number of carboxylic acid groups (broad SMARTS) is 1. The van der Waals surface area contributed by atoms with Crippen LogP contribution in [0.4, 0.5) is 0 Å². The average Bonchev–Trinajstić information content (AvgIpc) is 2.91. The van der Waals surface area contributed by atoms with Crippen molar-refractivity contribution in [1.82, 2.24) is 4.90 Å². The molecule has 108 valence electrons. The van der Waals surface area contributed by atoms with Crippen molar-refractivity contribution in [2.45, 2.75) is 24.7 Å². The number of amides is 1. The molecular weight excluding hydrogens is 262 g/mol. The van der Waals surface area contributed by atoms with Crippen molar-refractivity contribution in [1.29, 1.82) is 0 Å². The minimum atomic E-state index is -1.35. The number of aliphatic carboxylic acids is 1. The Balaban J connectivity index is 2.17. The summed E-state index contributed by atoms with van der Waals surface area (Å²) in [4.78, 5) is 24.7. The van der Waals surface area contributed by atoms with Crippen LogP contribution in [-0.2, 0) is 14.3 Å². The van der Waals surface area contributed by atoms with Crippen molar-refractivity contribution in [2.24, 2.45) is 0 Å². The van der Waals surface area contributed by atoms with Gasteiger partial charge in [0, 0.05) is 20.1 Å². The van der Waals surface area contributed by atoms with Gasteiger partial charge in [-0.15, -0.1) is 0 Å². The summed E-state index contributed by atoms with van der Waals surface area (Å²) in [6, 6.07) is 7.50. The zero-order valence-electron chi connectivity index (χ0n) is 11.1. The number of ether oxygens (including phenoxy) is 1. The molecule has 6 nitrogen and oxygen atoms in total. The maximum absolute atomic E-state index is 12.3. The second-order valence-electron chi connectivity index (χ2n) is 4.75. The number of methoxy groups -OCH3 is 1. The van der Waals surface area contributed by atoms with Gasteiger partial charge in [0.25, 0.3) is 5.91 Å². The first-order chi connectivity index (χ1) is 9.54. The lowest BCUT2D eigenvalue weighted by molar-refractivity contribution is -0.152. The molecule has 1 fully saturated rings. The third kappa shape index (κ3) is 2.81. The fraction of sp³-hybridized carbons (Fsp3) is 0.429. The van der Waals surface area contributed by atoms with E-state index < -0.39 is 24.0 Å². The molecule has 2 N–H and O–H groups in total. The molecule has 3 unspecified atom stereocenters. The number of aliphatic hydroxyl groups excluding tert-OH is 1. The number of carbonyl (C=O) groups is 2. The number of hydrogen-bond donors (Lipinski definition) is 2. The van der Waals surface area contributed by atoms with Crippen molar-refractivity contribution in [2.75, 3.05) is 13.7 Å². The van der Waals surface area contributed by atoms with Crippen molar-refractivity contribution in [3.63, 3.8) is 0 Å². The molecule has 1 aliphatic rings. The topological polar surface area (TPSA) is 87.1 Å². The van der Waals surface area contributed by atoms with E-state index >= 15 is 0 Å². The predicted octanol–water partition coefficient (Wildman–Crippen LogP) is 0.420. The summed E-state index contributed by atoms with van der Waals surface area (Å²) in [5.41, 5.74) is 0.447. The monoisotopic (exact) mass is 279 g/mol. The maximum atomic E-state index is 12.3. The van der Waals surface area contributed by atoms with Crippen LogP contribution in [0.2, 0.25) is 0 Å². The third-order valence-corrected chi connectivity index (χ3v) is 3.51. The van der Waals surface area contributed by atoms with Crippen LogP contribution in [0, 0.1) is 0 Å². The number of hydrogen-bond acceptors (Lipinski definition) is 4. The Hall–Kier alpha value is -1.92. The smallest absolute Gasteiger partial charge is 0.326 e. The molecule has 0 spiro atoms. The van der Waals surface area contributed by atoms with Gasteiger partial charge in [-0.3, -0.25) is 4.79 Å². The van der Waals surface area contributed by atoms with E-state index in [2.05, 4.69) is 0 Å². The molecule has 1 aromatic rings. The molecule has 0 bridgehead atoms. The van der Waals surface area contributed by atoms with Gasteiger partial charge in [0.1, 0.15) is 6.04 Å². The molecule has 0 aliphatic carbocycles. The third-order valence-electron chi connectivity index (χ3n) is 3.51. The molecule has 3 atom stereocenters. The largest absolute Gasteiger partial charge is 0.480 e. The number of benzene rings is 1. The Kier molecular flexibility index (Phi) is 4.36. The summed E-state index contributed by atoms with van der Waals surface area (Å²) in [5, 5.41) is 19.3. The van der Waals surface area contributed by atoms with Crippen molar-refractivity contribution < 1.29 is 24.5 Å². The van der Waals surface area contributed by atoms with E-state index in [1.807, 2.05) is 0 Å². The van der Waals surface area contributed by atoms with Crippen LogP contribution in [0.3, 0.4) is 0 Å². The zero-order valence-corrected chi connectivity index (χ0v) is 11.1. The van der Waals surface area contributed by atoms with E-state index in [1.54, 1.807) is 30.3 Å². The van der Waals surface area contributed by atoms with Crippen LogP contribution in [-0.4, -0.2) is 52.8 Å². The van der Waals surface area contributed by atoms with E-state index in [9.17, 15) is 14.7 Å². The van der Waals surface area contributed by atoms with E-state index in [0.29, 0.717) is 5.56 Å². The average molecular weight is 279 g/mol. The van der Waals surface area contributed by atoms with Gasteiger partial charge in [-0.05, 0) is 5.56 Å². The van der Waals surface area contributed by atoms with Crippen LogP contribution < -0.4 is 0 Å². The predicted molar refractivity (Wildman–Crippen MR) is 70.0 cm³/mol. The number of rotatable bonds is 4. The van der Waals surface area contributed by atoms with Crippen LogP contribution in [0.5, 0.6) is 0 Å². The summed E-state index contributed by atoms with van der Waals surface area (Å²) in [6.45, 7) is 0.177. The molecule has 1 heterocycles. The molecule has 1 amide bonds. The van der Waals surface area contributed by atoms with Crippen molar-refractivity contribution >= 4 is 11.9 Å². The molecule has 0 saturated carbocycles. The number of aliphatic hydroxyl groups is 1. The molecule has 2 rings (SSSR count). The van der Waals surface area contributed by atoms with Gasteiger partial charge < -0.3 is 19.8 Å². The Labute approximate surface area is 116 Å². The Bertz CT molecular complexity index is 490. The molecule has 0 radical (unpaired) electrons. The van der Waals surface area contributed by atoms with Gasteiger partial charge in [-0.25, -0.2) is 4.79 Å². The van der Waals surface area contributed by atoms with Crippen LogP contribution in [0.25, 0.3) is 0 Å². The van der Waals surface area contributed by atoms with Crippen LogP contribution in [0.1, 0.15) is 18.1 Å². The molecule has 20 heavy (non-hydrogen) atoms. The first kappa shape index (κ1) is 14.5. The minimum Gasteiger partial charge on any atom is -0.480 e. The standard InChI is InChI=1S/C14H17NO5/c1-20-10-7-11(14(18)19)15(8-10)13(17)12(16)9-5-3-2-4-6-9/h2-6,10-12,16H,7-8H2,1H3,(H,18,19). The van der Waals surface area contributed by atoms with Gasteiger partial charge in [0.05, 0.1) is 6.10 Å². The highest BCUT2D eigenvalue weighted by Gasteiger charge is 2.41.